The first-order chi connectivity index (χ1) is 5.23. The van der Waals surface area contributed by atoms with Gasteiger partial charge in [-0.1, -0.05) is 0 Å². The van der Waals surface area contributed by atoms with Gasteiger partial charge in [-0.25, -0.2) is 0 Å². The maximum absolute atomic E-state index is 11.1. The average molecular weight is 154 g/mol. The van der Waals surface area contributed by atoms with E-state index in [4.69, 9.17) is 4.74 Å². The molecule has 4 nitrogen and oxygen atoms in total. The third-order valence-corrected chi connectivity index (χ3v) is 1.86. The summed E-state index contributed by atoms with van der Waals surface area (Å²) in [6.45, 7) is 0.0532. The van der Waals surface area contributed by atoms with Gasteiger partial charge in [-0.05, 0) is 0 Å². The molecule has 0 aromatic heterocycles. The van der Waals surface area contributed by atoms with Crippen molar-refractivity contribution in [1.29, 1.82) is 0 Å². The summed E-state index contributed by atoms with van der Waals surface area (Å²) >= 11 is 0. The normalized spacial score (nSPS) is 34.5. The molecule has 11 heavy (non-hydrogen) atoms. The van der Waals surface area contributed by atoms with Gasteiger partial charge in [0.25, 0.3) is 0 Å². The van der Waals surface area contributed by atoms with E-state index in [1.54, 1.807) is 0 Å². The number of rotatable bonds is 0. The van der Waals surface area contributed by atoms with Crippen LogP contribution in [0.1, 0.15) is 6.42 Å². The molecular weight excluding hydrogens is 148 g/mol. The molecule has 0 bridgehead atoms. The van der Waals surface area contributed by atoms with Crippen molar-refractivity contribution in [2.75, 3.05) is 6.61 Å². The second-order valence-corrected chi connectivity index (χ2v) is 2.62. The number of hydrogen-bond acceptors (Lipinski definition) is 4. The zero-order chi connectivity index (χ0) is 7.90. The highest BCUT2D eigenvalue weighted by atomic mass is 16.6. The van der Waals surface area contributed by atoms with Crippen molar-refractivity contribution in [3.63, 3.8) is 0 Å². The molecule has 0 radical (unpaired) electrons. The van der Waals surface area contributed by atoms with Crippen LogP contribution in [0.5, 0.6) is 0 Å². The number of cyclic esters (lactones) is 1. The van der Waals surface area contributed by atoms with Gasteiger partial charge in [-0.3, -0.25) is 9.59 Å². The quantitative estimate of drug-likeness (QED) is 0.453. The summed E-state index contributed by atoms with van der Waals surface area (Å²) in [5, 5.41) is 0. The fraction of sp³-hybridized carbons (Fsp3) is 0.429. The van der Waals surface area contributed by atoms with Crippen LogP contribution in [0.3, 0.4) is 0 Å². The summed E-state index contributed by atoms with van der Waals surface area (Å²) in [4.78, 5) is 21.8. The average Bonchev–Trinajstić information content (AvgIpc) is 2.46. The van der Waals surface area contributed by atoms with Gasteiger partial charge in [0.1, 0.15) is 6.61 Å². The van der Waals surface area contributed by atoms with Crippen LogP contribution in [-0.4, -0.2) is 24.0 Å². The summed E-state index contributed by atoms with van der Waals surface area (Å²) < 4.78 is 9.64. The fourth-order valence-electron chi connectivity index (χ4n) is 1.20. The van der Waals surface area contributed by atoms with Crippen LogP contribution < -0.4 is 0 Å². The Labute approximate surface area is 62.8 Å². The van der Waals surface area contributed by atoms with Gasteiger partial charge < -0.3 is 9.47 Å². The molecule has 0 aromatic rings. The molecule has 1 fully saturated rings. The van der Waals surface area contributed by atoms with E-state index in [1.807, 2.05) is 0 Å². The second kappa shape index (κ2) is 1.84. The number of carbonyl (C=O) groups is 2. The predicted octanol–water partition coefficient (Wildman–Crippen LogP) is -0.215. The molecule has 0 aliphatic carbocycles. The first-order valence-electron chi connectivity index (χ1n) is 3.27. The van der Waals surface area contributed by atoms with Gasteiger partial charge >= 0.3 is 5.97 Å². The maximum atomic E-state index is 11.1. The molecule has 2 aliphatic heterocycles. The molecule has 1 spiro atoms. The molecule has 0 saturated carbocycles. The highest BCUT2D eigenvalue weighted by Gasteiger charge is 2.49. The summed E-state index contributed by atoms with van der Waals surface area (Å²) in [5.41, 5.74) is -1.00. The fourth-order valence-corrected chi connectivity index (χ4v) is 1.20. The molecule has 1 atom stereocenters. The van der Waals surface area contributed by atoms with E-state index < -0.39 is 5.60 Å². The molecule has 2 aliphatic rings. The summed E-state index contributed by atoms with van der Waals surface area (Å²) in [6.07, 6.45) is 2.67. The number of carbonyl (C=O) groups excluding carboxylic acids is 2. The lowest BCUT2D eigenvalue weighted by Gasteiger charge is -2.15. The minimum atomic E-state index is -1.00. The third-order valence-electron chi connectivity index (χ3n) is 1.86. The Balaban J connectivity index is 2.25. The van der Waals surface area contributed by atoms with Crippen molar-refractivity contribution in [3.05, 3.63) is 12.3 Å². The second-order valence-electron chi connectivity index (χ2n) is 2.62. The zero-order valence-corrected chi connectivity index (χ0v) is 5.70. The Hall–Kier alpha value is -1.32. The van der Waals surface area contributed by atoms with Crippen molar-refractivity contribution >= 4 is 11.8 Å². The lowest BCUT2D eigenvalue weighted by atomic mass is 9.99. The summed E-state index contributed by atoms with van der Waals surface area (Å²) in [5.74, 6) is -0.551. The molecule has 1 unspecified atom stereocenters. The van der Waals surface area contributed by atoms with E-state index in [2.05, 4.69) is 4.74 Å². The molecule has 0 N–H and O–H groups in total. The van der Waals surface area contributed by atoms with E-state index in [9.17, 15) is 9.59 Å². The minimum Gasteiger partial charge on any atom is -0.482 e. The molecule has 58 valence electrons. The van der Waals surface area contributed by atoms with Crippen LogP contribution in [0.4, 0.5) is 0 Å². The standard InChI is InChI=1S/C7H6O4/c8-5-1-2-11-7(5)3-6(9)10-4-7/h1-2H,3-4H2. The van der Waals surface area contributed by atoms with Crippen LogP contribution in [0, 0.1) is 0 Å². The molecule has 1 saturated heterocycles. The first-order valence-corrected chi connectivity index (χ1v) is 3.27. The van der Waals surface area contributed by atoms with Crippen molar-refractivity contribution < 1.29 is 19.1 Å². The minimum absolute atomic E-state index is 0.0405. The topological polar surface area (TPSA) is 52.6 Å². The first kappa shape index (κ1) is 6.39. The number of ketones is 1. The van der Waals surface area contributed by atoms with Gasteiger partial charge in [0.05, 0.1) is 12.7 Å². The highest BCUT2D eigenvalue weighted by molar-refractivity contribution is 6.02. The van der Waals surface area contributed by atoms with Crippen LogP contribution in [0.15, 0.2) is 12.3 Å². The number of hydrogen-bond donors (Lipinski definition) is 0. The van der Waals surface area contributed by atoms with E-state index in [1.165, 1.54) is 12.3 Å². The SMILES string of the molecule is O=C1CC2(CO1)OC=CC2=O. The van der Waals surface area contributed by atoms with E-state index in [0.717, 1.165) is 0 Å². The van der Waals surface area contributed by atoms with Gasteiger partial charge in [0.15, 0.2) is 0 Å². The largest absolute Gasteiger partial charge is 0.482 e. The van der Waals surface area contributed by atoms with Crippen LogP contribution in [0.2, 0.25) is 0 Å². The Bertz CT molecular complexity index is 255. The highest BCUT2D eigenvalue weighted by Crippen LogP contribution is 2.29. The van der Waals surface area contributed by atoms with E-state index >= 15 is 0 Å². The molecular formula is C7H6O4. The van der Waals surface area contributed by atoms with Crippen molar-refractivity contribution in [1.82, 2.24) is 0 Å². The van der Waals surface area contributed by atoms with Gasteiger partial charge in [-0.15, -0.1) is 0 Å². The summed E-state index contributed by atoms with van der Waals surface area (Å²) in [7, 11) is 0. The maximum Gasteiger partial charge on any atom is 0.310 e. The Kier molecular flexibility index (Phi) is 1.07. The lowest BCUT2D eigenvalue weighted by molar-refractivity contribution is -0.137. The lowest BCUT2D eigenvalue weighted by Crippen LogP contribution is -2.36. The number of ether oxygens (including phenoxy) is 2. The molecule has 2 heterocycles. The smallest absolute Gasteiger partial charge is 0.310 e. The van der Waals surface area contributed by atoms with Gasteiger partial charge in [-0.2, -0.15) is 0 Å². The van der Waals surface area contributed by atoms with Crippen LogP contribution in [0.25, 0.3) is 0 Å². The van der Waals surface area contributed by atoms with Crippen LogP contribution in [-0.2, 0) is 19.1 Å². The molecule has 2 rings (SSSR count). The van der Waals surface area contributed by atoms with Crippen molar-refractivity contribution in [2.45, 2.75) is 12.0 Å². The third kappa shape index (κ3) is 0.753. The Morgan fingerprint density at radius 3 is 2.73 bits per heavy atom. The zero-order valence-electron chi connectivity index (χ0n) is 5.70. The molecule has 4 heteroatoms. The van der Waals surface area contributed by atoms with E-state index in [0.29, 0.717) is 0 Å². The molecule has 0 amide bonds. The monoisotopic (exact) mass is 154 g/mol. The summed E-state index contributed by atoms with van der Waals surface area (Å²) in [6, 6.07) is 0. The number of esters is 1. The van der Waals surface area contributed by atoms with Gasteiger partial charge in [0.2, 0.25) is 11.4 Å². The molecule has 0 aromatic carbocycles. The predicted molar refractivity (Wildman–Crippen MR) is 33.5 cm³/mol. The van der Waals surface area contributed by atoms with Gasteiger partial charge in [0, 0.05) is 6.08 Å². The Morgan fingerprint density at radius 1 is 1.45 bits per heavy atom. The van der Waals surface area contributed by atoms with Crippen molar-refractivity contribution in [3.8, 4) is 0 Å². The Morgan fingerprint density at radius 2 is 2.27 bits per heavy atom. The van der Waals surface area contributed by atoms with Crippen molar-refractivity contribution in [2.24, 2.45) is 0 Å². The van der Waals surface area contributed by atoms with E-state index in [-0.39, 0.29) is 24.8 Å². The van der Waals surface area contributed by atoms with Crippen LogP contribution >= 0.6 is 0 Å².